The van der Waals surface area contributed by atoms with E-state index in [0.717, 1.165) is 21.0 Å². The van der Waals surface area contributed by atoms with Crippen LogP contribution in [-0.2, 0) is 0 Å². The van der Waals surface area contributed by atoms with Crippen molar-refractivity contribution in [1.29, 1.82) is 0 Å². The van der Waals surface area contributed by atoms with Crippen molar-refractivity contribution in [2.24, 2.45) is 0 Å². The molecule has 2 atom stereocenters. The van der Waals surface area contributed by atoms with Crippen LogP contribution in [0.2, 0.25) is 0 Å². The van der Waals surface area contributed by atoms with Crippen LogP contribution in [0, 0.1) is 0 Å². The molecular weight excluding hydrogens is 456 g/mol. The molecule has 4 nitrogen and oxygen atoms in total. The average molecular weight is 481 g/mol. The van der Waals surface area contributed by atoms with Crippen LogP contribution in [0.1, 0.15) is 61.5 Å². The van der Waals surface area contributed by atoms with E-state index in [1.54, 1.807) is 0 Å². The fraction of sp³-hybridized carbons (Fsp3) is 0.333. The SMILES string of the molecule is S=C1NC(c2ccccn2)C(c2ccn(C3CCCCC3)c2)N1c1ccc(Br)cc1. The largest absolute Gasteiger partial charge is 0.351 e. The second-order valence-electron chi connectivity index (χ2n) is 8.16. The van der Waals surface area contributed by atoms with Crippen molar-refractivity contribution >= 4 is 38.9 Å². The second-order valence-corrected chi connectivity index (χ2v) is 9.46. The Morgan fingerprint density at radius 1 is 1.00 bits per heavy atom. The Labute approximate surface area is 191 Å². The van der Waals surface area contributed by atoms with Crippen molar-refractivity contribution in [3.05, 3.63) is 82.9 Å². The maximum absolute atomic E-state index is 5.81. The molecule has 2 unspecified atom stereocenters. The van der Waals surface area contributed by atoms with E-state index >= 15 is 0 Å². The first-order chi connectivity index (χ1) is 14.7. The summed E-state index contributed by atoms with van der Waals surface area (Å²) in [6.45, 7) is 0. The quantitative estimate of drug-likeness (QED) is 0.442. The predicted octanol–water partition coefficient (Wildman–Crippen LogP) is 6.33. The Morgan fingerprint density at radius 3 is 2.53 bits per heavy atom. The molecule has 3 heterocycles. The van der Waals surface area contributed by atoms with Gasteiger partial charge in [-0.3, -0.25) is 4.98 Å². The minimum atomic E-state index is 0.00422. The van der Waals surface area contributed by atoms with Crippen LogP contribution in [-0.4, -0.2) is 14.7 Å². The molecule has 1 saturated heterocycles. The lowest BCUT2D eigenvalue weighted by Crippen LogP contribution is -2.29. The Morgan fingerprint density at radius 2 is 1.80 bits per heavy atom. The number of aromatic nitrogens is 2. The molecule has 0 bridgehead atoms. The van der Waals surface area contributed by atoms with Crippen LogP contribution >= 0.6 is 28.1 Å². The van der Waals surface area contributed by atoms with Crippen molar-refractivity contribution in [3.63, 3.8) is 0 Å². The van der Waals surface area contributed by atoms with E-state index in [4.69, 9.17) is 12.2 Å². The number of thiocarbonyl (C=S) groups is 1. The van der Waals surface area contributed by atoms with Crippen molar-refractivity contribution in [2.75, 3.05) is 4.90 Å². The van der Waals surface area contributed by atoms with E-state index < -0.39 is 0 Å². The summed E-state index contributed by atoms with van der Waals surface area (Å²) in [7, 11) is 0. The zero-order valence-corrected chi connectivity index (χ0v) is 19.1. The van der Waals surface area contributed by atoms with E-state index in [0.29, 0.717) is 6.04 Å². The molecule has 0 amide bonds. The maximum Gasteiger partial charge on any atom is 0.174 e. The zero-order chi connectivity index (χ0) is 20.5. The lowest BCUT2D eigenvalue weighted by atomic mass is 9.95. The van der Waals surface area contributed by atoms with Gasteiger partial charge in [0.15, 0.2) is 5.11 Å². The minimum Gasteiger partial charge on any atom is -0.351 e. The van der Waals surface area contributed by atoms with Crippen molar-refractivity contribution in [3.8, 4) is 0 Å². The molecule has 1 aliphatic heterocycles. The highest BCUT2D eigenvalue weighted by molar-refractivity contribution is 9.10. The zero-order valence-electron chi connectivity index (χ0n) is 16.7. The molecule has 2 fully saturated rings. The van der Waals surface area contributed by atoms with Crippen molar-refractivity contribution < 1.29 is 0 Å². The van der Waals surface area contributed by atoms with Gasteiger partial charge in [0.1, 0.15) is 0 Å². The number of nitrogens with zero attached hydrogens (tertiary/aromatic N) is 3. The molecule has 2 aliphatic rings. The normalized spacial score (nSPS) is 22.3. The van der Waals surface area contributed by atoms with E-state index in [2.05, 4.69) is 84.5 Å². The number of pyridine rings is 1. The third kappa shape index (κ3) is 3.79. The van der Waals surface area contributed by atoms with E-state index in [-0.39, 0.29) is 12.1 Å². The molecule has 0 spiro atoms. The summed E-state index contributed by atoms with van der Waals surface area (Å²) in [5, 5.41) is 4.28. The van der Waals surface area contributed by atoms with Gasteiger partial charge in [0, 0.05) is 34.8 Å². The molecule has 6 heteroatoms. The molecule has 1 saturated carbocycles. The van der Waals surface area contributed by atoms with Gasteiger partial charge in [-0.15, -0.1) is 0 Å². The van der Waals surface area contributed by atoms with Crippen LogP contribution in [0.5, 0.6) is 0 Å². The van der Waals surface area contributed by atoms with Gasteiger partial charge in [-0.2, -0.15) is 0 Å². The van der Waals surface area contributed by atoms with Gasteiger partial charge in [0.05, 0.1) is 17.8 Å². The Kier molecular flexibility index (Phi) is 5.61. The molecule has 30 heavy (non-hydrogen) atoms. The summed E-state index contributed by atoms with van der Waals surface area (Å²) in [4.78, 5) is 6.88. The molecule has 1 N–H and O–H groups in total. The molecule has 0 radical (unpaired) electrons. The third-order valence-corrected chi connectivity index (χ3v) is 7.12. The smallest absolute Gasteiger partial charge is 0.174 e. The van der Waals surface area contributed by atoms with Crippen LogP contribution < -0.4 is 10.2 Å². The van der Waals surface area contributed by atoms with Crippen LogP contribution in [0.3, 0.4) is 0 Å². The fourth-order valence-corrected chi connectivity index (χ4v) is 5.40. The number of anilines is 1. The summed E-state index contributed by atoms with van der Waals surface area (Å²) in [5.41, 5.74) is 3.37. The first-order valence-corrected chi connectivity index (χ1v) is 11.8. The van der Waals surface area contributed by atoms with Gasteiger partial charge in [-0.1, -0.05) is 41.3 Å². The first kappa shape index (κ1) is 19.8. The van der Waals surface area contributed by atoms with E-state index in [1.165, 1.54) is 37.7 Å². The number of hydrogen-bond acceptors (Lipinski definition) is 2. The fourth-order valence-electron chi connectivity index (χ4n) is 4.79. The molecule has 2 aromatic heterocycles. The lowest BCUT2D eigenvalue weighted by Gasteiger charge is -2.28. The van der Waals surface area contributed by atoms with Crippen molar-refractivity contribution in [2.45, 2.75) is 50.2 Å². The monoisotopic (exact) mass is 480 g/mol. The first-order valence-electron chi connectivity index (χ1n) is 10.6. The minimum absolute atomic E-state index is 0.00422. The summed E-state index contributed by atoms with van der Waals surface area (Å²) >= 11 is 9.35. The number of nitrogens with one attached hydrogen (secondary N) is 1. The van der Waals surface area contributed by atoms with Gasteiger partial charge >= 0.3 is 0 Å². The summed E-state index contributed by atoms with van der Waals surface area (Å²) in [6.07, 6.45) is 13.0. The Bertz CT molecular complexity index is 1010. The third-order valence-electron chi connectivity index (χ3n) is 6.28. The van der Waals surface area contributed by atoms with Gasteiger partial charge < -0.3 is 14.8 Å². The van der Waals surface area contributed by atoms with Crippen LogP contribution in [0.25, 0.3) is 0 Å². The molecule has 1 aliphatic carbocycles. The van der Waals surface area contributed by atoms with Gasteiger partial charge in [0.2, 0.25) is 0 Å². The molecular formula is C24H25BrN4S. The highest BCUT2D eigenvalue weighted by Gasteiger charge is 2.41. The van der Waals surface area contributed by atoms with Crippen LogP contribution in [0.15, 0.2) is 71.6 Å². The number of benzene rings is 1. The van der Waals surface area contributed by atoms with E-state index in [1.807, 2.05) is 18.3 Å². The second kappa shape index (κ2) is 8.52. The van der Waals surface area contributed by atoms with E-state index in [9.17, 15) is 0 Å². The van der Waals surface area contributed by atoms with Gasteiger partial charge in [-0.25, -0.2) is 0 Å². The van der Waals surface area contributed by atoms with Gasteiger partial charge in [-0.05, 0) is 73.1 Å². The molecule has 154 valence electrons. The number of rotatable bonds is 4. The highest BCUT2D eigenvalue weighted by atomic mass is 79.9. The molecule has 5 rings (SSSR count). The number of hydrogen-bond donors (Lipinski definition) is 1. The summed E-state index contributed by atoms with van der Waals surface area (Å²) in [6, 6.07) is 17.4. The van der Waals surface area contributed by atoms with Gasteiger partial charge in [0.25, 0.3) is 0 Å². The Balaban J connectivity index is 1.54. The summed E-state index contributed by atoms with van der Waals surface area (Å²) in [5.74, 6) is 0. The maximum atomic E-state index is 5.81. The lowest BCUT2D eigenvalue weighted by molar-refractivity contribution is 0.353. The van der Waals surface area contributed by atoms with Crippen LogP contribution in [0.4, 0.5) is 5.69 Å². The highest BCUT2D eigenvalue weighted by Crippen LogP contribution is 2.42. The predicted molar refractivity (Wildman–Crippen MR) is 129 cm³/mol. The topological polar surface area (TPSA) is 33.1 Å². The number of halogens is 1. The summed E-state index contributed by atoms with van der Waals surface area (Å²) < 4.78 is 3.48. The standard InChI is InChI=1S/C24H25BrN4S/c25-18-9-11-20(12-10-18)29-23(22(27-24(29)30)21-8-4-5-14-26-21)17-13-15-28(16-17)19-6-2-1-3-7-19/h4-5,8-16,19,22-23H,1-3,6-7H2,(H,27,30). The average Bonchev–Trinajstić information content (AvgIpc) is 3.40. The molecule has 1 aromatic carbocycles. The molecule has 3 aromatic rings. The van der Waals surface area contributed by atoms with Crippen molar-refractivity contribution in [1.82, 2.24) is 14.9 Å². The Hall–Kier alpha value is -2.18.